The van der Waals surface area contributed by atoms with Gasteiger partial charge in [-0.15, -0.1) is 0 Å². The van der Waals surface area contributed by atoms with Crippen molar-refractivity contribution in [3.63, 3.8) is 0 Å². The normalized spacial score (nSPS) is 10.9. The average Bonchev–Trinajstić information content (AvgIpc) is 2.72. The topological polar surface area (TPSA) is 40.0 Å². The predicted molar refractivity (Wildman–Crippen MR) is 122 cm³/mol. The van der Waals surface area contributed by atoms with Crippen LogP contribution in [0.1, 0.15) is 11.1 Å². The molecule has 3 aromatic carbocycles. The first kappa shape index (κ1) is 21.5. The average molecular weight is 495 g/mol. The second-order valence-corrected chi connectivity index (χ2v) is 7.71. The van der Waals surface area contributed by atoms with Gasteiger partial charge in [0.25, 0.3) is 0 Å². The Morgan fingerprint density at radius 1 is 0.966 bits per heavy atom. The van der Waals surface area contributed by atoms with Gasteiger partial charge in [-0.25, -0.2) is 0 Å². The van der Waals surface area contributed by atoms with Gasteiger partial charge in [0, 0.05) is 21.8 Å². The molecule has 0 atom stereocenters. The highest BCUT2D eigenvalue weighted by molar-refractivity contribution is 9.10. The van der Waals surface area contributed by atoms with Crippen molar-refractivity contribution in [1.29, 1.82) is 0 Å². The molecule has 0 saturated carbocycles. The van der Waals surface area contributed by atoms with Crippen molar-refractivity contribution in [1.82, 2.24) is 0 Å². The van der Waals surface area contributed by atoms with Crippen molar-refractivity contribution < 1.29 is 14.2 Å². The molecule has 0 aliphatic rings. The molecule has 0 spiro atoms. The molecule has 4 nitrogen and oxygen atoms in total. The lowest BCUT2D eigenvalue weighted by atomic mass is 10.2. The van der Waals surface area contributed by atoms with Gasteiger partial charge in [0.05, 0.1) is 24.4 Å². The second kappa shape index (κ2) is 10.0. The van der Waals surface area contributed by atoms with E-state index in [0.717, 1.165) is 27.0 Å². The van der Waals surface area contributed by atoms with Crippen LogP contribution in [0, 0.1) is 0 Å². The Bertz CT molecular complexity index is 1020. The molecule has 3 rings (SSSR count). The number of methoxy groups -OCH3 is 2. The summed E-state index contributed by atoms with van der Waals surface area (Å²) in [5, 5.41) is 1.13. The summed E-state index contributed by atoms with van der Waals surface area (Å²) in [5.74, 6) is 1.96. The van der Waals surface area contributed by atoms with Gasteiger partial charge in [-0.1, -0.05) is 29.3 Å². The highest BCUT2D eigenvalue weighted by Crippen LogP contribution is 2.37. The first-order chi connectivity index (χ1) is 14.0. The number of halogens is 3. The van der Waals surface area contributed by atoms with Crippen LogP contribution in [0.15, 0.2) is 64.1 Å². The van der Waals surface area contributed by atoms with Gasteiger partial charge in [-0.2, -0.15) is 0 Å². The maximum atomic E-state index is 6.22. The van der Waals surface area contributed by atoms with E-state index in [1.54, 1.807) is 32.6 Å². The van der Waals surface area contributed by atoms with E-state index >= 15 is 0 Å². The molecule has 29 heavy (non-hydrogen) atoms. The van der Waals surface area contributed by atoms with Gasteiger partial charge >= 0.3 is 0 Å². The Morgan fingerprint density at radius 2 is 1.72 bits per heavy atom. The minimum absolute atomic E-state index is 0.282. The Morgan fingerprint density at radius 3 is 2.38 bits per heavy atom. The van der Waals surface area contributed by atoms with Crippen LogP contribution in [0.2, 0.25) is 10.0 Å². The zero-order valence-electron chi connectivity index (χ0n) is 15.8. The van der Waals surface area contributed by atoms with Gasteiger partial charge in [0.1, 0.15) is 12.4 Å². The lowest BCUT2D eigenvalue weighted by Gasteiger charge is -2.14. The van der Waals surface area contributed by atoms with Crippen molar-refractivity contribution in [3.05, 3.63) is 80.2 Å². The fourth-order valence-electron chi connectivity index (χ4n) is 2.56. The van der Waals surface area contributed by atoms with Crippen molar-refractivity contribution in [3.8, 4) is 17.2 Å². The Labute approximate surface area is 188 Å². The minimum Gasteiger partial charge on any atom is -0.497 e. The zero-order chi connectivity index (χ0) is 20.8. The minimum atomic E-state index is 0.282. The molecule has 0 heterocycles. The summed E-state index contributed by atoms with van der Waals surface area (Å²) >= 11 is 15.7. The molecule has 150 valence electrons. The van der Waals surface area contributed by atoms with Crippen LogP contribution in [0.4, 0.5) is 5.69 Å². The molecule has 0 unspecified atom stereocenters. The summed E-state index contributed by atoms with van der Waals surface area (Å²) in [6.45, 7) is 0.282. The van der Waals surface area contributed by atoms with Gasteiger partial charge in [-0.05, 0) is 70.0 Å². The van der Waals surface area contributed by atoms with E-state index in [4.69, 9.17) is 37.4 Å². The van der Waals surface area contributed by atoms with Crippen molar-refractivity contribution in [2.45, 2.75) is 6.61 Å². The third-order valence-corrected chi connectivity index (χ3v) is 5.25. The summed E-state index contributed by atoms with van der Waals surface area (Å²) in [6.07, 6.45) is 1.76. The van der Waals surface area contributed by atoms with Crippen molar-refractivity contribution >= 4 is 51.0 Å². The second-order valence-electron chi connectivity index (χ2n) is 6.01. The van der Waals surface area contributed by atoms with E-state index in [9.17, 15) is 0 Å². The zero-order valence-corrected chi connectivity index (χ0v) is 18.9. The number of benzene rings is 3. The molecule has 0 amide bonds. The Kier molecular flexibility index (Phi) is 7.42. The number of nitrogens with zero attached hydrogens (tertiary/aromatic N) is 1. The smallest absolute Gasteiger partial charge is 0.175 e. The molecular weight excluding hydrogens is 477 g/mol. The van der Waals surface area contributed by atoms with E-state index < -0.39 is 0 Å². The Balaban J connectivity index is 1.78. The molecule has 0 saturated heterocycles. The number of hydrogen-bond acceptors (Lipinski definition) is 4. The molecule has 3 aromatic rings. The van der Waals surface area contributed by atoms with Crippen LogP contribution >= 0.6 is 39.1 Å². The summed E-state index contributed by atoms with van der Waals surface area (Å²) < 4.78 is 17.4. The van der Waals surface area contributed by atoms with Crippen molar-refractivity contribution in [2.75, 3.05) is 14.2 Å². The summed E-state index contributed by atoms with van der Waals surface area (Å²) in [5.41, 5.74) is 2.51. The van der Waals surface area contributed by atoms with Crippen LogP contribution in [0.25, 0.3) is 0 Å². The fourth-order valence-corrected chi connectivity index (χ4v) is 3.60. The van der Waals surface area contributed by atoms with Gasteiger partial charge < -0.3 is 14.2 Å². The molecular formula is C22H18BrCl2NO3. The predicted octanol–water partition coefficient (Wildman–Crippen LogP) is 7.10. The number of aliphatic imine (C=N–C) groups is 1. The van der Waals surface area contributed by atoms with E-state index in [1.165, 1.54) is 0 Å². The molecule has 0 N–H and O–H groups in total. The summed E-state index contributed by atoms with van der Waals surface area (Å²) in [7, 11) is 3.22. The largest absolute Gasteiger partial charge is 0.497 e. The standard InChI is InChI=1S/C22H18BrCl2NO3/c1-27-18-7-5-17(6-8-18)26-12-14-9-19(23)22(21(10-14)28-2)29-13-15-3-4-16(24)11-20(15)25/h3-12H,13H2,1-2H3. The third kappa shape index (κ3) is 5.66. The van der Waals surface area contributed by atoms with Gasteiger partial charge in [-0.3, -0.25) is 4.99 Å². The third-order valence-electron chi connectivity index (χ3n) is 4.07. The first-order valence-electron chi connectivity index (χ1n) is 8.62. The van der Waals surface area contributed by atoms with Crippen LogP contribution in [-0.4, -0.2) is 20.4 Å². The highest BCUT2D eigenvalue weighted by atomic mass is 79.9. The summed E-state index contributed by atoms with van der Waals surface area (Å²) in [4.78, 5) is 4.48. The van der Waals surface area contributed by atoms with Crippen LogP contribution in [0.5, 0.6) is 17.2 Å². The molecule has 0 radical (unpaired) electrons. The number of ether oxygens (including phenoxy) is 3. The number of hydrogen-bond donors (Lipinski definition) is 0. The summed E-state index contributed by atoms with van der Waals surface area (Å²) in [6, 6.07) is 16.6. The fraction of sp³-hybridized carbons (Fsp3) is 0.136. The SMILES string of the molecule is COc1ccc(N=Cc2cc(Br)c(OCc3ccc(Cl)cc3Cl)c(OC)c2)cc1. The maximum Gasteiger partial charge on any atom is 0.175 e. The Hall–Kier alpha value is -2.21. The lowest BCUT2D eigenvalue weighted by molar-refractivity contribution is 0.282. The number of rotatable bonds is 7. The first-order valence-corrected chi connectivity index (χ1v) is 10.2. The lowest BCUT2D eigenvalue weighted by Crippen LogP contribution is -2.00. The van der Waals surface area contributed by atoms with E-state index in [-0.39, 0.29) is 6.61 Å². The van der Waals surface area contributed by atoms with Crippen LogP contribution in [-0.2, 0) is 6.61 Å². The van der Waals surface area contributed by atoms with E-state index in [2.05, 4.69) is 20.9 Å². The molecule has 0 aromatic heterocycles. The molecule has 0 aliphatic carbocycles. The van der Waals surface area contributed by atoms with Crippen LogP contribution < -0.4 is 14.2 Å². The van der Waals surface area contributed by atoms with Crippen LogP contribution in [0.3, 0.4) is 0 Å². The van der Waals surface area contributed by atoms with E-state index in [1.807, 2.05) is 42.5 Å². The van der Waals surface area contributed by atoms with Gasteiger partial charge in [0.2, 0.25) is 0 Å². The molecule has 7 heteroatoms. The highest BCUT2D eigenvalue weighted by Gasteiger charge is 2.12. The molecule has 0 bridgehead atoms. The quantitative estimate of drug-likeness (QED) is 0.329. The van der Waals surface area contributed by atoms with Crippen molar-refractivity contribution in [2.24, 2.45) is 4.99 Å². The molecule has 0 fully saturated rings. The van der Waals surface area contributed by atoms with E-state index in [0.29, 0.717) is 21.5 Å². The maximum absolute atomic E-state index is 6.22. The van der Waals surface area contributed by atoms with Gasteiger partial charge in [0.15, 0.2) is 11.5 Å². The molecule has 0 aliphatic heterocycles. The monoisotopic (exact) mass is 493 g/mol.